The van der Waals surface area contributed by atoms with Crippen LogP contribution in [-0.4, -0.2) is 34.0 Å². The highest BCUT2D eigenvalue weighted by Crippen LogP contribution is 2.35. The second kappa shape index (κ2) is 4.67. The van der Waals surface area contributed by atoms with E-state index in [4.69, 9.17) is 21.4 Å². The van der Waals surface area contributed by atoms with Gasteiger partial charge in [0, 0.05) is 17.7 Å². The highest BCUT2D eigenvalue weighted by molar-refractivity contribution is 6.30. The Kier molecular flexibility index (Phi) is 3.44. The van der Waals surface area contributed by atoms with Crippen molar-refractivity contribution < 1.29 is 14.9 Å². The van der Waals surface area contributed by atoms with Crippen molar-refractivity contribution >= 4 is 11.6 Å². The number of aliphatic hydroxyl groups is 2. The first-order chi connectivity index (χ1) is 7.61. The van der Waals surface area contributed by atoms with Gasteiger partial charge in [-0.25, -0.2) is 4.98 Å². The number of pyridine rings is 1. The minimum atomic E-state index is -0.646. The molecule has 3 atom stereocenters. The van der Waals surface area contributed by atoms with Gasteiger partial charge in [-0.15, -0.1) is 0 Å². The van der Waals surface area contributed by atoms with E-state index in [1.165, 1.54) is 0 Å². The Morgan fingerprint density at radius 2 is 2.31 bits per heavy atom. The van der Waals surface area contributed by atoms with Gasteiger partial charge in [0.05, 0.1) is 18.8 Å². The molecule has 16 heavy (non-hydrogen) atoms. The topological polar surface area (TPSA) is 62.6 Å². The minimum Gasteiger partial charge on any atom is -0.394 e. The first-order valence-electron chi connectivity index (χ1n) is 5.19. The first-order valence-corrected chi connectivity index (χ1v) is 5.57. The van der Waals surface area contributed by atoms with Gasteiger partial charge in [0.25, 0.3) is 0 Å². The number of aromatic nitrogens is 1. The maximum absolute atomic E-state index is 9.62. The molecule has 0 saturated carbocycles. The van der Waals surface area contributed by atoms with Crippen LogP contribution in [-0.2, 0) is 4.74 Å². The lowest BCUT2D eigenvalue weighted by Gasteiger charge is -2.13. The lowest BCUT2D eigenvalue weighted by molar-refractivity contribution is -0.0226. The van der Waals surface area contributed by atoms with Gasteiger partial charge in [0.1, 0.15) is 11.3 Å². The van der Waals surface area contributed by atoms with E-state index in [0.717, 1.165) is 11.3 Å². The largest absolute Gasteiger partial charge is 0.394 e. The summed E-state index contributed by atoms with van der Waals surface area (Å²) in [7, 11) is 0. The van der Waals surface area contributed by atoms with Crippen LogP contribution in [0.5, 0.6) is 0 Å². The Morgan fingerprint density at radius 1 is 1.56 bits per heavy atom. The van der Waals surface area contributed by atoms with E-state index in [9.17, 15) is 5.11 Å². The van der Waals surface area contributed by atoms with E-state index in [-0.39, 0.29) is 12.7 Å². The van der Waals surface area contributed by atoms with Crippen LogP contribution in [0.2, 0.25) is 5.15 Å². The molecule has 88 valence electrons. The highest BCUT2D eigenvalue weighted by atomic mass is 35.5. The second-order valence-corrected chi connectivity index (χ2v) is 4.34. The van der Waals surface area contributed by atoms with Crippen LogP contribution in [0.15, 0.2) is 12.1 Å². The maximum Gasteiger partial charge on any atom is 0.135 e. The van der Waals surface area contributed by atoms with E-state index in [1.54, 1.807) is 0 Å². The molecule has 2 N–H and O–H groups in total. The molecule has 0 amide bonds. The fourth-order valence-electron chi connectivity index (χ4n) is 1.87. The second-order valence-electron chi connectivity index (χ2n) is 3.98. The van der Waals surface area contributed by atoms with Gasteiger partial charge in [0.2, 0.25) is 0 Å². The van der Waals surface area contributed by atoms with Crippen molar-refractivity contribution in [2.75, 3.05) is 6.61 Å². The van der Waals surface area contributed by atoms with Crippen molar-refractivity contribution in [1.82, 2.24) is 4.98 Å². The van der Waals surface area contributed by atoms with Crippen LogP contribution in [0.4, 0.5) is 0 Å². The van der Waals surface area contributed by atoms with Gasteiger partial charge >= 0.3 is 0 Å². The summed E-state index contributed by atoms with van der Waals surface area (Å²) in [4.78, 5) is 4.14. The molecule has 0 aromatic carbocycles. The number of nitrogens with zero attached hydrogens (tertiary/aromatic N) is 1. The van der Waals surface area contributed by atoms with Crippen molar-refractivity contribution in [2.24, 2.45) is 0 Å². The normalized spacial score (nSPS) is 29.6. The van der Waals surface area contributed by atoms with Gasteiger partial charge < -0.3 is 14.9 Å². The number of hydrogen-bond acceptors (Lipinski definition) is 4. The van der Waals surface area contributed by atoms with Crippen LogP contribution < -0.4 is 0 Å². The van der Waals surface area contributed by atoms with Crippen LogP contribution >= 0.6 is 11.6 Å². The molecular formula is C11H14ClNO3. The van der Waals surface area contributed by atoms with Crippen LogP contribution in [0.3, 0.4) is 0 Å². The van der Waals surface area contributed by atoms with Crippen LogP contribution in [0.25, 0.3) is 0 Å². The van der Waals surface area contributed by atoms with Gasteiger partial charge in [-0.05, 0) is 13.0 Å². The summed E-state index contributed by atoms with van der Waals surface area (Å²) in [5.41, 5.74) is 1.60. The van der Waals surface area contributed by atoms with E-state index in [1.807, 2.05) is 19.1 Å². The molecule has 4 nitrogen and oxygen atoms in total. The monoisotopic (exact) mass is 243 g/mol. The molecule has 0 radical (unpaired) electrons. The zero-order valence-electron chi connectivity index (χ0n) is 8.93. The third-order valence-corrected chi connectivity index (χ3v) is 3.07. The average Bonchev–Trinajstić information content (AvgIpc) is 2.59. The fraction of sp³-hybridized carbons (Fsp3) is 0.545. The lowest BCUT2D eigenvalue weighted by atomic mass is 10.1. The number of hydrogen-bond donors (Lipinski definition) is 2. The zero-order chi connectivity index (χ0) is 11.7. The third-order valence-electron chi connectivity index (χ3n) is 2.77. The third kappa shape index (κ3) is 2.20. The summed E-state index contributed by atoms with van der Waals surface area (Å²) in [6.07, 6.45) is -1.02. The Hall–Kier alpha value is -0.680. The summed E-state index contributed by atoms with van der Waals surface area (Å²) < 4.78 is 5.51. The van der Waals surface area contributed by atoms with E-state index < -0.39 is 12.2 Å². The molecule has 1 aromatic heterocycles. The Labute approximate surface area is 98.8 Å². The fourth-order valence-corrected chi connectivity index (χ4v) is 2.19. The smallest absolute Gasteiger partial charge is 0.135 e. The molecule has 5 heteroatoms. The first kappa shape index (κ1) is 11.8. The molecule has 1 saturated heterocycles. The van der Waals surface area contributed by atoms with Gasteiger partial charge in [-0.2, -0.15) is 0 Å². The molecular weight excluding hydrogens is 230 g/mol. The van der Waals surface area contributed by atoms with E-state index in [2.05, 4.69) is 4.98 Å². The molecule has 2 rings (SSSR count). The molecule has 1 aliphatic rings. The summed E-state index contributed by atoms with van der Waals surface area (Å²) in [6, 6.07) is 3.70. The summed E-state index contributed by atoms with van der Waals surface area (Å²) in [6.45, 7) is 1.67. The zero-order valence-corrected chi connectivity index (χ0v) is 9.68. The Bertz CT molecular complexity index is 385. The molecule has 1 fully saturated rings. The predicted octanol–water partition coefficient (Wildman–Crippen LogP) is 1.23. The number of aliphatic hydroxyl groups excluding tert-OH is 2. The standard InChI is InChI=1S/C11H14ClNO3/c1-6-2-3-7(11(12)13-6)9-4-8(15)10(5-14)16-9/h2-3,8-10,14-15H,4-5H2,1H3/t8-,9+,10+/m0/s1. The number of ether oxygens (including phenoxy) is 1. The van der Waals surface area contributed by atoms with Crippen LogP contribution in [0.1, 0.15) is 23.8 Å². The summed E-state index contributed by atoms with van der Waals surface area (Å²) in [5.74, 6) is 0. The van der Waals surface area contributed by atoms with Crippen LogP contribution in [0, 0.1) is 6.92 Å². The minimum absolute atomic E-state index is 0.186. The summed E-state index contributed by atoms with van der Waals surface area (Å²) >= 11 is 6.01. The Balaban J connectivity index is 2.20. The molecule has 0 unspecified atom stereocenters. The molecule has 0 spiro atoms. The SMILES string of the molecule is Cc1ccc([C@H]2C[C@H](O)[C@@H](CO)O2)c(Cl)n1. The molecule has 2 heterocycles. The van der Waals surface area contributed by atoms with Crippen molar-refractivity contribution in [3.8, 4) is 0 Å². The summed E-state index contributed by atoms with van der Waals surface area (Å²) in [5, 5.41) is 19.0. The van der Waals surface area contributed by atoms with Crippen molar-refractivity contribution in [2.45, 2.75) is 31.7 Å². The van der Waals surface area contributed by atoms with Gasteiger partial charge in [0.15, 0.2) is 0 Å². The highest BCUT2D eigenvalue weighted by Gasteiger charge is 2.35. The molecule has 1 aliphatic heterocycles. The predicted molar refractivity (Wildman–Crippen MR) is 59.3 cm³/mol. The van der Waals surface area contributed by atoms with E-state index in [0.29, 0.717) is 11.6 Å². The van der Waals surface area contributed by atoms with E-state index >= 15 is 0 Å². The number of aryl methyl sites for hydroxylation is 1. The van der Waals surface area contributed by atoms with Gasteiger partial charge in [-0.1, -0.05) is 17.7 Å². The van der Waals surface area contributed by atoms with Gasteiger partial charge in [-0.3, -0.25) is 0 Å². The van der Waals surface area contributed by atoms with Crippen molar-refractivity contribution in [3.05, 3.63) is 28.5 Å². The number of halogens is 1. The maximum atomic E-state index is 9.62. The van der Waals surface area contributed by atoms with Crippen molar-refractivity contribution in [3.63, 3.8) is 0 Å². The lowest BCUT2D eigenvalue weighted by Crippen LogP contribution is -2.24. The average molecular weight is 244 g/mol. The number of rotatable bonds is 2. The molecule has 1 aromatic rings. The molecule has 0 aliphatic carbocycles. The Morgan fingerprint density at radius 3 is 2.88 bits per heavy atom. The molecule has 0 bridgehead atoms. The van der Waals surface area contributed by atoms with Crippen molar-refractivity contribution in [1.29, 1.82) is 0 Å². The quantitative estimate of drug-likeness (QED) is 0.767.